The van der Waals surface area contributed by atoms with Crippen LogP contribution in [0.3, 0.4) is 0 Å². The fraction of sp³-hybridized carbons (Fsp3) is 1.00. The summed E-state index contributed by atoms with van der Waals surface area (Å²) in [6.07, 6.45) is 14.5. The Morgan fingerprint density at radius 2 is 1.72 bits per heavy atom. The third-order valence-corrected chi connectivity index (χ3v) is 5.66. The van der Waals surface area contributed by atoms with Crippen molar-refractivity contribution in [3.8, 4) is 0 Å². The highest BCUT2D eigenvalue weighted by atomic mass is 16.5. The van der Waals surface area contributed by atoms with E-state index in [2.05, 4.69) is 5.32 Å². The molecule has 1 atom stereocenters. The van der Waals surface area contributed by atoms with Gasteiger partial charge in [0.05, 0.1) is 6.61 Å². The summed E-state index contributed by atoms with van der Waals surface area (Å²) in [5, 5.41) is 3.82. The van der Waals surface area contributed by atoms with Crippen LogP contribution in [0.1, 0.15) is 64.2 Å². The highest BCUT2D eigenvalue weighted by Gasteiger charge is 2.37. The van der Waals surface area contributed by atoms with Gasteiger partial charge in [0.2, 0.25) is 0 Å². The van der Waals surface area contributed by atoms with Crippen LogP contribution in [0.25, 0.3) is 0 Å². The van der Waals surface area contributed by atoms with E-state index in [1.54, 1.807) is 0 Å². The Kier molecular flexibility index (Phi) is 4.25. The third-order valence-electron chi connectivity index (χ3n) is 5.66. The average Bonchev–Trinajstić information content (AvgIpc) is 2.88. The number of hydrogen-bond donors (Lipinski definition) is 1. The van der Waals surface area contributed by atoms with E-state index in [0.29, 0.717) is 0 Å². The quantitative estimate of drug-likeness (QED) is 0.829. The minimum atomic E-state index is 0.779. The monoisotopic (exact) mass is 251 g/mol. The van der Waals surface area contributed by atoms with Crippen molar-refractivity contribution in [2.45, 2.75) is 70.3 Å². The van der Waals surface area contributed by atoms with E-state index in [0.717, 1.165) is 30.6 Å². The standard InChI is InChI=1S/C16H29NO/c1-2-8-16(7-1)9-5-15(6-10-16)17-12-14-4-3-11-18-13-14/h14-15,17H,1-13H2. The van der Waals surface area contributed by atoms with Gasteiger partial charge in [0.15, 0.2) is 0 Å². The van der Waals surface area contributed by atoms with E-state index in [1.807, 2.05) is 0 Å². The molecule has 0 radical (unpaired) electrons. The lowest BCUT2D eigenvalue weighted by molar-refractivity contribution is 0.0520. The highest BCUT2D eigenvalue weighted by molar-refractivity contribution is 4.91. The summed E-state index contributed by atoms with van der Waals surface area (Å²) in [6, 6.07) is 0.804. The molecule has 3 aliphatic rings. The summed E-state index contributed by atoms with van der Waals surface area (Å²) in [5.74, 6) is 0.779. The Hall–Kier alpha value is -0.0800. The molecule has 1 unspecified atom stereocenters. The Balaban J connectivity index is 1.37. The van der Waals surface area contributed by atoms with Gasteiger partial charge in [-0.05, 0) is 62.7 Å². The van der Waals surface area contributed by atoms with E-state index >= 15 is 0 Å². The molecule has 1 saturated heterocycles. The number of hydrogen-bond acceptors (Lipinski definition) is 2. The lowest BCUT2D eigenvalue weighted by Gasteiger charge is -2.38. The minimum absolute atomic E-state index is 0.779. The molecule has 0 aromatic carbocycles. The van der Waals surface area contributed by atoms with Gasteiger partial charge < -0.3 is 10.1 Å². The zero-order chi connectivity index (χ0) is 12.3. The topological polar surface area (TPSA) is 21.3 Å². The number of ether oxygens (including phenoxy) is 1. The first-order valence-corrected chi connectivity index (χ1v) is 8.18. The molecule has 0 aromatic rings. The average molecular weight is 251 g/mol. The van der Waals surface area contributed by atoms with Crippen LogP contribution in [0, 0.1) is 11.3 Å². The van der Waals surface area contributed by atoms with Crippen LogP contribution in [-0.4, -0.2) is 25.8 Å². The third kappa shape index (κ3) is 3.08. The SMILES string of the molecule is C1COCC(CNC2CCC3(CCCC3)CC2)C1. The molecule has 18 heavy (non-hydrogen) atoms. The second-order valence-corrected chi connectivity index (χ2v) is 6.97. The first-order valence-electron chi connectivity index (χ1n) is 8.18. The molecule has 1 N–H and O–H groups in total. The van der Waals surface area contributed by atoms with E-state index in [1.165, 1.54) is 70.8 Å². The summed E-state index contributed by atoms with van der Waals surface area (Å²) in [6.45, 7) is 3.17. The molecule has 2 saturated carbocycles. The first kappa shape index (κ1) is 12.9. The Morgan fingerprint density at radius 1 is 0.944 bits per heavy atom. The Labute approximate surface area is 112 Å². The Morgan fingerprint density at radius 3 is 2.39 bits per heavy atom. The minimum Gasteiger partial charge on any atom is -0.381 e. The molecule has 2 nitrogen and oxygen atoms in total. The molecular formula is C16H29NO. The summed E-state index contributed by atoms with van der Waals surface area (Å²) >= 11 is 0. The van der Waals surface area contributed by atoms with Gasteiger partial charge in [0.25, 0.3) is 0 Å². The summed E-state index contributed by atoms with van der Waals surface area (Å²) in [7, 11) is 0. The second kappa shape index (κ2) is 5.92. The van der Waals surface area contributed by atoms with Crippen LogP contribution in [0.2, 0.25) is 0 Å². The lowest BCUT2D eigenvalue weighted by atomic mass is 9.71. The molecule has 2 aliphatic carbocycles. The molecule has 3 rings (SSSR count). The molecule has 0 aromatic heterocycles. The molecule has 1 spiro atoms. The zero-order valence-electron chi connectivity index (χ0n) is 11.8. The van der Waals surface area contributed by atoms with Gasteiger partial charge >= 0.3 is 0 Å². The van der Waals surface area contributed by atoms with Gasteiger partial charge in [-0.3, -0.25) is 0 Å². The maximum atomic E-state index is 5.56. The normalized spacial score (nSPS) is 33.0. The predicted molar refractivity (Wildman–Crippen MR) is 74.7 cm³/mol. The van der Waals surface area contributed by atoms with E-state index in [4.69, 9.17) is 4.74 Å². The van der Waals surface area contributed by atoms with Crippen LogP contribution in [0.15, 0.2) is 0 Å². The summed E-state index contributed by atoms with van der Waals surface area (Å²) in [4.78, 5) is 0. The summed E-state index contributed by atoms with van der Waals surface area (Å²) < 4.78 is 5.56. The second-order valence-electron chi connectivity index (χ2n) is 6.97. The smallest absolute Gasteiger partial charge is 0.0506 e. The van der Waals surface area contributed by atoms with Crippen molar-refractivity contribution in [3.63, 3.8) is 0 Å². The van der Waals surface area contributed by atoms with Gasteiger partial charge in [-0.25, -0.2) is 0 Å². The molecule has 0 amide bonds. The van der Waals surface area contributed by atoms with Crippen molar-refractivity contribution >= 4 is 0 Å². The van der Waals surface area contributed by atoms with Crippen molar-refractivity contribution < 1.29 is 4.74 Å². The predicted octanol–water partition coefficient (Wildman–Crippen LogP) is 3.51. The fourth-order valence-corrected chi connectivity index (χ4v) is 4.36. The van der Waals surface area contributed by atoms with Crippen LogP contribution < -0.4 is 5.32 Å². The van der Waals surface area contributed by atoms with Gasteiger partial charge in [0.1, 0.15) is 0 Å². The maximum Gasteiger partial charge on any atom is 0.0506 e. The van der Waals surface area contributed by atoms with Gasteiger partial charge in [-0.1, -0.05) is 12.8 Å². The molecule has 1 heterocycles. The van der Waals surface area contributed by atoms with E-state index in [9.17, 15) is 0 Å². The van der Waals surface area contributed by atoms with Crippen LogP contribution in [-0.2, 0) is 4.74 Å². The molecule has 104 valence electrons. The van der Waals surface area contributed by atoms with E-state index in [-0.39, 0.29) is 0 Å². The van der Waals surface area contributed by atoms with Crippen molar-refractivity contribution in [2.75, 3.05) is 19.8 Å². The Bertz CT molecular complexity index is 244. The van der Waals surface area contributed by atoms with Crippen molar-refractivity contribution in [1.29, 1.82) is 0 Å². The van der Waals surface area contributed by atoms with Crippen molar-refractivity contribution in [2.24, 2.45) is 11.3 Å². The zero-order valence-corrected chi connectivity index (χ0v) is 11.8. The van der Waals surface area contributed by atoms with Gasteiger partial charge in [-0.15, -0.1) is 0 Å². The van der Waals surface area contributed by atoms with Crippen LogP contribution in [0.5, 0.6) is 0 Å². The molecule has 2 heteroatoms. The molecular weight excluding hydrogens is 222 g/mol. The lowest BCUT2D eigenvalue weighted by Crippen LogP contribution is -2.40. The largest absolute Gasteiger partial charge is 0.381 e. The van der Waals surface area contributed by atoms with Gasteiger partial charge in [-0.2, -0.15) is 0 Å². The molecule has 1 aliphatic heterocycles. The summed E-state index contributed by atoms with van der Waals surface area (Å²) in [5.41, 5.74) is 0.784. The number of nitrogens with one attached hydrogen (secondary N) is 1. The highest BCUT2D eigenvalue weighted by Crippen LogP contribution is 2.48. The van der Waals surface area contributed by atoms with Crippen molar-refractivity contribution in [3.05, 3.63) is 0 Å². The number of rotatable bonds is 3. The molecule has 0 bridgehead atoms. The maximum absolute atomic E-state index is 5.56. The fourth-order valence-electron chi connectivity index (χ4n) is 4.36. The first-order chi connectivity index (χ1) is 8.86. The van der Waals surface area contributed by atoms with E-state index < -0.39 is 0 Å². The van der Waals surface area contributed by atoms with Crippen molar-refractivity contribution in [1.82, 2.24) is 5.32 Å². The molecule has 3 fully saturated rings. The van der Waals surface area contributed by atoms with Gasteiger partial charge in [0, 0.05) is 19.2 Å². The van der Waals surface area contributed by atoms with Crippen LogP contribution >= 0.6 is 0 Å². The van der Waals surface area contributed by atoms with Crippen LogP contribution in [0.4, 0.5) is 0 Å².